The quantitative estimate of drug-likeness (QED) is 0.678. The second-order valence-electron chi connectivity index (χ2n) is 3.65. The second kappa shape index (κ2) is 5.73. The lowest BCUT2D eigenvalue weighted by molar-refractivity contribution is 0.573. The third-order valence-electron chi connectivity index (χ3n) is 2.31. The molecule has 0 saturated carbocycles. The monoisotopic (exact) mass is 309 g/mol. The summed E-state index contributed by atoms with van der Waals surface area (Å²) in [6, 6.07) is 7.44. The summed E-state index contributed by atoms with van der Waals surface area (Å²) in [5.41, 5.74) is 3.46. The normalized spacial score (nSPS) is 10.8. The van der Waals surface area contributed by atoms with Crippen LogP contribution in [0.25, 0.3) is 11.5 Å². The zero-order valence-corrected chi connectivity index (χ0v) is 12.0. The van der Waals surface area contributed by atoms with E-state index in [-0.39, 0.29) is 0 Å². The Balaban J connectivity index is 1.72. The van der Waals surface area contributed by atoms with Crippen molar-refractivity contribution >= 4 is 34.7 Å². The van der Waals surface area contributed by atoms with Crippen molar-refractivity contribution in [2.75, 3.05) is 0 Å². The molecule has 19 heavy (non-hydrogen) atoms. The summed E-state index contributed by atoms with van der Waals surface area (Å²) in [6.07, 6.45) is 1.66. The minimum Gasteiger partial charge on any atom is -0.444 e. The largest absolute Gasteiger partial charge is 0.444 e. The Morgan fingerprint density at radius 1 is 1.37 bits per heavy atom. The van der Waals surface area contributed by atoms with Gasteiger partial charge in [-0.25, -0.2) is 4.98 Å². The standard InChI is InChI=1S/C12H8ClN3OS2/c13-9-3-1-2-8(4-9)11-15-10(5-17-11)6-18-12-16-14-7-19-12/h1-5,7H,6H2. The van der Waals surface area contributed by atoms with Gasteiger partial charge in [-0.3, -0.25) is 0 Å². The Kier molecular flexibility index (Phi) is 3.82. The van der Waals surface area contributed by atoms with E-state index in [4.69, 9.17) is 16.0 Å². The first kappa shape index (κ1) is 12.7. The molecular formula is C12H8ClN3OS2. The smallest absolute Gasteiger partial charge is 0.226 e. The van der Waals surface area contributed by atoms with Gasteiger partial charge in [-0.05, 0) is 18.2 Å². The van der Waals surface area contributed by atoms with Crippen molar-refractivity contribution in [3.8, 4) is 11.5 Å². The van der Waals surface area contributed by atoms with E-state index in [1.807, 2.05) is 24.3 Å². The van der Waals surface area contributed by atoms with E-state index < -0.39 is 0 Å². The van der Waals surface area contributed by atoms with Crippen molar-refractivity contribution in [2.45, 2.75) is 10.1 Å². The van der Waals surface area contributed by atoms with Crippen molar-refractivity contribution in [1.29, 1.82) is 0 Å². The van der Waals surface area contributed by atoms with Crippen molar-refractivity contribution in [3.63, 3.8) is 0 Å². The molecule has 0 unspecified atom stereocenters. The number of aromatic nitrogens is 3. The van der Waals surface area contributed by atoms with Crippen LogP contribution in [-0.4, -0.2) is 15.2 Å². The number of oxazole rings is 1. The van der Waals surface area contributed by atoms with E-state index in [2.05, 4.69) is 15.2 Å². The first-order chi connectivity index (χ1) is 9.31. The molecule has 7 heteroatoms. The van der Waals surface area contributed by atoms with Crippen LogP contribution in [0.2, 0.25) is 5.02 Å². The van der Waals surface area contributed by atoms with E-state index in [1.54, 1.807) is 23.5 Å². The maximum absolute atomic E-state index is 5.94. The van der Waals surface area contributed by atoms with Crippen LogP contribution in [0.3, 0.4) is 0 Å². The lowest BCUT2D eigenvalue weighted by atomic mass is 10.2. The molecule has 0 N–H and O–H groups in total. The fraction of sp³-hybridized carbons (Fsp3) is 0.0833. The van der Waals surface area contributed by atoms with Gasteiger partial charge in [-0.15, -0.1) is 10.2 Å². The molecule has 0 bridgehead atoms. The molecular weight excluding hydrogens is 302 g/mol. The predicted molar refractivity (Wildman–Crippen MR) is 76.4 cm³/mol. The molecule has 0 aliphatic carbocycles. The number of benzene rings is 1. The molecule has 0 amide bonds. The fourth-order valence-corrected chi connectivity index (χ4v) is 3.04. The van der Waals surface area contributed by atoms with Gasteiger partial charge < -0.3 is 4.42 Å². The summed E-state index contributed by atoms with van der Waals surface area (Å²) >= 11 is 9.04. The molecule has 3 rings (SSSR count). The highest BCUT2D eigenvalue weighted by Crippen LogP contribution is 2.26. The first-order valence-electron chi connectivity index (χ1n) is 5.40. The van der Waals surface area contributed by atoms with Crippen molar-refractivity contribution < 1.29 is 4.42 Å². The summed E-state index contributed by atoms with van der Waals surface area (Å²) in [5.74, 6) is 1.29. The van der Waals surface area contributed by atoms with Gasteiger partial charge in [0, 0.05) is 16.3 Å². The zero-order valence-electron chi connectivity index (χ0n) is 9.62. The van der Waals surface area contributed by atoms with Crippen LogP contribution in [0, 0.1) is 0 Å². The van der Waals surface area contributed by atoms with E-state index in [0.29, 0.717) is 16.7 Å². The summed E-state index contributed by atoms with van der Waals surface area (Å²) in [7, 11) is 0. The van der Waals surface area contributed by atoms with Gasteiger partial charge in [0.2, 0.25) is 5.89 Å². The van der Waals surface area contributed by atoms with Gasteiger partial charge in [0.05, 0.1) is 5.69 Å². The van der Waals surface area contributed by atoms with Gasteiger partial charge in [-0.1, -0.05) is 40.8 Å². The molecule has 4 nitrogen and oxygen atoms in total. The number of thioether (sulfide) groups is 1. The van der Waals surface area contributed by atoms with E-state index in [1.165, 1.54) is 11.3 Å². The Bertz CT molecular complexity index is 669. The summed E-state index contributed by atoms with van der Waals surface area (Å²) in [4.78, 5) is 4.43. The van der Waals surface area contributed by atoms with Crippen LogP contribution in [0.5, 0.6) is 0 Å². The van der Waals surface area contributed by atoms with Gasteiger partial charge in [-0.2, -0.15) is 0 Å². The third-order valence-corrected chi connectivity index (χ3v) is 4.44. The van der Waals surface area contributed by atoms with Crippen molar-refractivity contribution in [3.05, 3.63) is 46.8 Å². The van der Waals surface area contributed by atoms with E-state index in [0.717, 1.165) is 15.6 Å². The average Bonchev–Trinajstić information content (AvgIpc) is 3.08. The number of halogens is 1. The molecule has 2 aromatic heterocycles. The number of hydrogen-bond acceptors (Lipinski definition) is 6. The molecule has 0 fully saturated rings. The number of hydrogen-bond donors (Lipinski definition) is 0. The van der Waals surface area contributed by atoms with Crippen LogP contribution < -0.4 is 0 Å². The molecule has 0 atom stereocenters. The van der Waals surface area contributed by atoms with Gasteiger partial charge in [0.25, 0.3) is 0 Å². The topological polar surface area (TPSA) is 51.8 Å². The lowest BCUT2D eigenvalue weighted by Gasteiger charge is -1.95. The Hall–Kier alpha value is -1.37. The van der Waals surface area contributed by atoms with E-state index in [9.17, 15) is 0 Å². The van der Waals surface area contributed by atoms with Crippen molar-refractivity contribution in [2.24, 2.45) is 0 Å². The molecule has 3 aromatic rings. The highest BCUT2D eigenvalue weighted by atomic mass is 35.5. The Morgan fingerprint density at radius 2 is 2.32 bits per heavy atom. The van der Waals surface area contributed by atoms with E-state index >= 15 is 0 Å². The molecule has 0 aliphatic rings. The van der Waals surface area contributed by atoms with Gasteiger partial charge in [0.15, 0.2) is 4.34 Å². The SMILES string of the molecule is Clc1cccc(-c2nc(CSc3nncs3)co2)c1. The summed E-state index contributed by atoms with van der Waals surface area (Å²) < 4.78 is 6.38. The highest BCUT2D eigenvalue weighted by Gasteiger charge is 2.08. The van der Waals surface area contributed by atoms with Crippen LogP contribution in [0.1, 0.15) is 5.69 Å². The average molecular weight is 310 g/mol. The molecule has 0 spiro atoms. The minimum absolute atomic E-state index is 0.579. The van der Waals surface area contributed by atoms with Crippen LogP contribution in [-0.2, 0) is 5.75 Å². The maximum Gasteiger partial charge on any atom is 0.226 e. The molecule has 96 valence electrons. The lowest BCUT2D eigenvalue weighted by Crippen LogP contribution is -1.82. The molecule has 2 heterocycles. The molecule has 0 saturated heterocycles. The second-order valence-corrected chi connectivity index (χ2v) is 6.14. The Morgan fingerprint density at radius 3 is 3.11 bits per heavy atom. The highest BCUT2D eigenvalue weighted by molar-refractivity contribution is 8.00. The van der Waals surface area contributed by atoms with Gasteiger partial charge >= 0.3 is 0 Å². The molecule has 0 aliphatic heterocycles. The van der Waals surface area contributed by atoms with Gasteiger partial charge in [0.1, 0.15) is 11.8 Å². The van der Waals surface area contributed by atoms with Crippen molar-refractivity contribution in [1.82, 2.24) is 15.2 Å². The molecule has 1 aromatic carbocycles. The minimum atomic E-state index is 0.579. The summed E-state index contributed by atoms with van der Waals surface area (Å²) in [6.45, 7) is 0. The Labute approximate surface area is 122 Å². The van der Waals surface area contributed by atoms with Crippen LogP contribution in [0.4, 0.5) is 0 Å². The number of rotatable bonds is 4. The third kappa shape index (κ3) is 3.15. The molecule has 0 radical (unpaired) electrons. The zero-order chi connectivity index (χ0) is 13.1. The predicted octanol–water partition coefficient (Wildman–Crippen LogP) is 4.14. The van der Waals surface area contributed by atoms with Crippen LogP contribution >= 0.6 is 34.7 Å². The fourth-order valence-electron chi connectivity index (χ4n) is 1.49. The maximum atomic E-state index is 5.94. The van der Waals surface area contributed by atoms with Crippen LogP contribution in [0.15, 0.2) is 44.8 Å². The number of nitrogens with zero attached hydrogens (tertiary/aromatic N) is 3. The summed E-state index contributed by atoms with van der Waals surface area (Å²) in [5, 5.41) is 8.42. The first-order valence-corrected chi connectivity index (χ1v) is 7.65.